The molecule has 0 aliphatic rings. The molecule has 10 heteroatoms. The van der Waals surface area contributed by atoms with Crippen LogP contribution in [0, 0.1) is 6.92 Å². The molecular formula is C23H24N6O2S2. The van der Waals surface area contributed by atoms with Crippen molar-refractivity contribution in [3.63, 3.8) is 0 Å². The van der Waals surface area contributed by atoms with E-state index in [-0.39, 0.29) is 11.0 Å². The summed E-state index contributed by atoms with van der Waals surface area (Å²) in [7, 11) is 0. The van der Waals surface area contributed by atoms with Crippen LogP contribution in [0.4, 0.5) is 0 Å². The highest BCUT2D eigenvalue weighted by Crippen LogP contribution is 2.25. The molecule has 2 N–H and O–H groups in total. The highest BCUT2D eigenvalue weighted by molar-refractivity contribution is 7.80. The molecular weight excluding hydrogens is 456 g/mol. The van der Waals surface area contributed by atoms with E-state index in [0.717, 1.165) is 39.8 Å². The Morgan fingerprint density at radius 3 is 2.76 bits per heavy atom. The lowest BCUT2D eigenvalue weighted by Gasteiger charge is -2.11. The smallest absolute Gasteiger partial charge is 0.257 e. The number of amides is 1. The van der Waals surface area contributed by atoms with Crippen LogP contribution in [-0.2, 0) is 6.54 Å². The van der Waals surface area contributed by atoms with Crippen molar-refractivity contribution >= 4 is 39.5 Å². The number of nitrogens with one attached hydrogen (secondary N) is 2. The fourth-order valence-corrected chi connectivity index (χ4v) is 4.12. The zero-order chi connectivity index (χ0) is 23.2. The van der Waals surface area contributed by atoms with Gasteiger partial charge in [0.25, 0.3) is 5.91 Å². The fraction of sp³-hybridized carbons (Fsp3) is 0.261. The number of hydrogen-bond acceptors (Lipinski definition) is 7. The van der Waals surface area contributed by atoms with Crippen molar-refractivity contribution in [2.24, 2.45) is 0 Å². The Morgan fingerprint density at radius 2 is 2.00 bits per heavy atom. The highest BCUT2D eigenvalue weighted by Gasteiger charge is 2.11. The van der Waals surface area contributed by atoms with Gasteiger partial charge in [0.2, 0.25) is 4.96 Å². The molecule has 4 aromatic rings. The number of carbonyl (C=O) groups is 1. The van der Waals surface area contributed by atoms with Gasteiger partial charge in [-0.2, -0.15) is 9.61 Å². The van der Waals surface area contributed by atoms with Gasteiger partial charge in [-0.05, 0) is 49.3 Å². The molecule has 0 bridgehead atoms. The van der Waals surface area contributed by atoms with Gasteiger partial charge in [-0.1, -0.05) is 55.0 Å². The van der Waals surface area contributed by atoms with Crippen molar-refractivity contribution in [3.05, 3.63) is 65.5 Å². The molecule has 33 heavy (non-hydrogen) atoms. The van der Waals surface area contributed by atoms with Crippen molar-refractivity contribution in [2.75, 3.05) is 6.61 Å². The van der Waals surface area contributed by atoms with Crippen LogP contribution in [0.5, 0.6) is 5.75 Å². The molecule has 170 valence electrons. The largest absolute Gasteiger partial charge is 0.494 e. The van der Waals surface area contributed by atoms with Gasteiger partial charge < -0.3 is 10.1 Å². The molecule has 8 nitrogen and oxygen atoms in total. The molecule has 2 aromatic carbocycles. The average Bonchev–Trinajstić information content (AvgIpc) is 3.40. The summed E-state index contributed by atoms with van der Waals surface area (Å²) < 4.78 is 7.41. The Bertz CT molecular complexity index is 1270. The first-order valence-electron chi connectivity index (χ1n) is 10.6. The lowest BCUT2D eigenvalue weighted by molar-refractivity contribution is 0.0976. The predicted octanol–water partition coefficient (Wildman–Crippen LogP) is 4.14. The maximum atomic E-state index is 12.5. The summed E-state index contributed by atoms with van der Waals surface area (Å²) in [4.78, 5) is 13.3. The second-order valence-electron chi connectivity index (χ2n) is 7.41. The topological polar surface area (TPSA) is 93.4 Å². The Balaban J connectivity index is 1.29. The number of benzene rings is 2. The summed E-state index contributed by atoms with van der Waals surface area (Å²) in [6.45, 7) is 5.10. The van der Waals surface area contributed by atoms with E-state index in [2.05, 4.69) is 32.9 Å². The number of carbonyl (C=O) groups excluding carboxylic acids is 1. The molecule has 2 aromatic heterocycles. The lowest BCUT2D eigenvalue weighted by atomic mass is 10.1. The number of thiocarbonyl (C=S) groups is 1. The third kappa shape index (κ3) is 5.71. The summed E-state index contributed by atoms with van der Waals surface area (Å²) in [5.41, 5.74) is 2.53. The van der Waals surface area contributed by atoms with Crippen molar-refractivity contribution in [3.8, 4) is 16.3 Å². The molecule has 1 amide bonds. The van der Waals surface area contributed by atoms with Crippen LogP contribution >= 0.6 is 23.6 Å². The fourth-order valence-electron chi connectivity index (χ4n) is 3.06. The molecule has 0 saturated heterocycles. The van der Waals surface area contributed by atoms with E-state index in [1.807, 2.05) is 37.3 Å². The lowest BCUT2D eigenvalue weighted by Crippen LogP contribution is -2.38. The van der Waals surface area contributed by atoms with Crippen LogP contribution in [0.15, 0.2) is 48.5 Å². The van der Waals surface area contributed by atoms with Gasteiger partial charge in [0.15, 0.2) is 10.9 Å². The highest BCUT2D eigenvalue weighted by atomic mass is 32.1. The average molecular weight is 481 g/mol. The Labute approximate surface area is 201 Å². The van der Waals surface area contributed by atoms with Crippen LogP contribution in [0.1, 0.15) is 41.5 Å². The third-order valence-corrected chi connectivity index (χ3v) is 6.08. The first-order valence-corrected chi connectivity index (χ1v) is 11.9. The number of aryl methyl sites for hydroxylation is 1. The van der Waals surface area contributed by atoms with Gasteiger partial charge in [-0.15, -0.1) is 10.2 Å². The van der Waals surface area contributed by atoms with Gasteiger partial charge in [-0.3, -0.25) is 10.1 Å². The van der Waals surface area contributed by atoms with E-state index in [4.69, 9.17) is 17.0 Å². The molecule has 0 spiro atoms. The summed E-state index contributed by atoms with van der Waals surface area (Å²) in [5, 5.41) is 19.6. The summed E-state index contributed by atoms with van der Waals surface area (Å²) >= 11 is 6.78. The van der Waals surface area contributed by atoms with Gasteiger partial charge in [0, 0.05) is 17.7 Å². The Hall–Kier alpha value is -3.37. The zero-order valence-electron chi connectivity index (χ0n) is 18.4. The third-order valence-electron chi connectivity index (χ3n) is 4.89. The summed E-state index contributed by atoms with van der Waals surface area (Å²) in [6, 6.07) is 15.1. The zero-order valence-corrected chi connectivity index (χ0v) is 20.0. The van der Waals surface area contributed by atoms with E-state index >= 15 is 0 Å². The normalized spacial score (nSPS) is 10.8. The minimum absolute atomic E-state index is 0.269. The molecule has 0 radical (unpaired) electrons. The first-order chi connectivity index (χ1) is 16.0. The summed E-state index contributed by atoms with van der Waals surface area (Å²) in [5.74, 6) is 1.16. The quantitative estimate of drug-likeness (QED) is 0.289. The number of ether oxygens (including phenoxy) is 1. The van der Waals surface area contributed by atoms with E-state index in [1.54, 1.807) is 22.7 Å². The maximum absolute atomic E-state index is 12.5. The van der Waals surface area contributed by atoms with Gasteiger partial charge in [-0.25, -0.2) is 0 Å². The standard InChI is InChI=1S/C23H24N6O2S2/c1-3-4-12-31-19-7-5-6-18(13-19)20(30)25-22(32)24-14-16-8-10-17(11-9-16)21-28-29-15(2)26-27-23(29)33-21/h5-11,13H,3-4,12,14H2,1-2H3,(H2,24,25,30,32). The van der Waals surface area contributed by atoms with E-state index in [9.17, 15) is 4.79 Å². The number of nitrogens with zero attached hydrogens (tertiary/aromatic N) is 4. The second kappa shape index (κ2) is 10.5. The molecule has 0 unspecified atom stereocenters. The number of unbranched alkanes of at least 4 members (excludes halogenated alkanes) is 1. The second-order valence-corrected chi connectivity index (χ2v) is 8.78. The molecule has 0 saturated carbocycles. The van der Waals surface area contributed by atoms with Gasteiger partial charge >= 0.3 is 0 Å². The van der Waals surface area contributed by atoms with Crippen LogP contribution in [0.2, 0.25) is 0 Å². The monoisotopic (exact) mass is 480 g/mol. The molecule has 0 aliphatic heterocycles. The molecule has 0 aliphatic carbocycles. The minimum atomic E-state index is -0.276. The van der Waals surface area contributed by atoms with Crippen molar-refractivity contribution in [1.29, 1.82) is 0 Å². The van der Waals surface area contributed by atoms with Crippen molar-refractivity contribution < 1.29 is 9.53 Å². The van der Waals surface area contributed by atoms with E-state index in [0.29, 0.717) is 24.5 Å². The SMILES string of the molecule is CCCCOc1cccc(C(=O)NC(=S)NCc2ccc(-c3nn4c(C)nnc4s3)cc2)c1. The van der Waals surface area contributed by atoms with Crippen LogP contribution < -0.4 is 15.4 Å². The molecule has 0 fully saturated rings. The maximum Gasteiger partial charge on any atom is 0.257 e. The summed E-state index contributed by atoms with van der Waals surface area (Å²) in [6.07, 6.45) is 2.03. The van der Waals surface area contributed by atoms with Crippen molar-refractivity contribution in [1.82, 2.24) is 30.4 Å². The predicted molar refractivity (Wildman–Crippen MR) is 133 cm³/mol. The van der Waals surface area contributed by atoms with Gasteiger partial charge in [0.1, 0.15) is 10.8 Å². The Morgan fingerprint density at radius 1 is 1.18 bits per heavy atom. The number of hydrogen-bond donors (Lipinski definition) is 2. The van der Waals surface area contributed by atoms with Gasteiger partial charge in [0.05, 0.1) is 6.61 Å². The number of fused-ring (bicyclic) bond motifs is 1. The van der Waals surface area contributed by atoms with Crippen molar-refractivity contribution in [2.45, 2.75) is 33.2 Å². The molecule has 2 heterocycles. The number of rotatable bonds is 8. The van der Waals surface area contributed by atoms with Crippen LogP contribution in [0.25, 0.3) is 15.5 Å². The number of aromatic nitrogens is 4. The van der Waals surface area contributed by atoms with Crippen LogP contribution in [0.3, 0.4) is 0 Å². The first kappa shape index (κ1) is 22.8. The molecule has 0 atom stereocenters. The minimum Gasteiger partial charge on any atom is -0.494 e. The Kier molecular flexibility index (Phi) is 7.26. The van der Waals surface area contributed by atoms with Crippen LogP contribution in [-0.4, -0.2) is 37.4 Å². The van der Waals surface area contributed by atoms with E-state index < -0.39 is 0 Å². The molecule has 4 rings (SSSR count). The van der Waals surface area contributed by atoms with E-state index in [1.165, 1.54) is 11.3 Å².